The number of benzene rings is 2. The molecule has 4 rings (SSSR count). The SMILES string of the molecule is CSc1cccc(N2C[C@@H](c3nc4ccccc4n3C)CC2=O)c1. The van der Waals surface area contributed by atoms with Crippen molar-refractivity contribution in [3.8, 4) is 0 Å². The Morgan fingerprint density at radius 2 is 2.00 bits per heavy atom. The average Bonchev–Trinajstić information content (AvgIpc) is 3.16. The number of carbonyl (C=O) groups is 1. The first-order valence-electron chi connectivity index (χ1n) is 8.03. The van der Waals surface area contributed by atoms with Crippen LogP contribution in [0.25, 0.3) is 11.0 Å². The highest BCUT2D eigenvalue weighted by atomic mass is 32.2. The molecule has 0 saturated carbocycles. The van der Waals surface area contributed by atoms with Gasteiger partial charge in [-0.25, -0.2) is 4.98 Å². The lowest BCUT2D eigenvalue weighted by Gasteiger charge is -2.17. The van der Waals surface area contributed by atoms with E-state index in [-0.39, 0.29) is 11.8 Å². The minimum atomic E-state index is 0.132. The Balaban J connectivity index is 1.66. The van der Waals surface area contributed by atoms with Crippen molar-refractivity contribution in [2.45, 2.75) is 17.2 Å². The zero-order valence-corrected chi connectivity index (χ0v) is 14.6. The molecule has 2 aromatic carbocycles. The van der Waals surface area contributed by atoms with Crippen LogP contribution in [0, 0.1) is 0 Å². The van der Waals surface area contributed by atoms with Gasteiger partial charge < -0.3 is 9.47 Å². The molecule has 1 atom stereocenters. The van der Waals surface area contributed by atoms with Crippen LogP contribution in [0.5, 0.6) is 0 Å². The maximum absolute atomic E-state index is 12.6. The number of anilines is 1. The summed E-state index contributed by atoms with van der Waals surface area (Å²) in [6.45, 7) is 0.688. The Morgan fingerprint density at radius 1 is 1.17 bits per heavy atom. The van der Waals surface area contributed by atoms with Gasteiger partial charge in [-0.1, -0.05) is 18.2 Å². The van der Waals surface area contributed by atoms with Crippen LogP contribution in [-0.4, -0.2) is 28.3 Å². The number of para-hydroxylation sites is 2. The highest BCUT2D eigenvalue weighted by molar-refractivity contribution is 7.98. The molecule has 1 aliphatic rings. The number of aryl methyl sites for hydroxylation is 1. The van der Waals surface area contributed by atoms with Crippen LogP contribution in [0.4, 0.5) is 5.69 Å². The molecule has 3 aromatic rings. The highest BCUT2D eigenvalue weighted by Crippen LogP contribution is 2.33. The topological polar surface area (TPSA) is 38.1 Å². The number of hydrogen-bond acceptors (Lipinski definition) is 3. The molecular formula is C19H19N3OS. The van der Waals surface area contributed by atoms with Gasteiger partial charge in [-0.3, -0.25) is 4.79 Å². The van der Waals surface area contributed by atoms with E-state index < -0.39 is 0 Å². The van der Waals surface area contributed by atoms with Crippen molar-refractivity contribution < 1.29 is 4.79 Å². The molecule has 0 bridgehead atoms. The molecule has 122 valence electrons. The van der Waals surface area contributed by atoms with E-state index in [1.54, 1.807) is 11.8 Å². The van der Waals surface area contributed by atoms with Crippen LogP contribution in [0.15, 0.2) is 53.4 Å². The number of thioether (sulfide) groups is 1. The van der Waals surface area contributed by atoms with Crippen LogP contribution in [0.3, 0.4) is 0 Å². The summed E-state index contributed by atoms with van der Waals surface area (Å²) in [5, 5.41) is 0. The second kappa shape index (κ2) is 5.98. The van der Waals surface area contributed by atoms with Crippen molar-refractivity contribution in [2.24, 2.45) is 7.05 Å². The van der Waals surface area contributed by atoms with Gasteiger partial charge >= 0.3 is 0 Å². The summed E-state index contributed by atoms with van der Waals surface area (Å²) in [5.74, 6) is 1.30. The van der Waals surface area contributed by atoms with Crippen molar-refractivity contribution in [3.05, 3.63) is 54.4 Å². The molecule has 2 heterocycles. The predicted molar refractivity (Wildman–Crippen MR) is 98.6 cm³/mol. The first kappa shape index (κ1) is 15.3. The lowest BCUT2D eigenvalue weighted by molar-refractivity contribution is -0.117. The zero-order valence-electron chi connectivity index (χ0n) is 13.8. The molecule has 1 fully saturated rings. The van der Waals surface area contributed by atoms with E-state index in [0.29, 0.717) is 13.0 Å². The predicted octanol–water partition coefficient (Wildman–Crippen LogP) is 3.82. The second-order valence-electron chi connectivity index (χ2n) is 6.12. The summed E-state index contributed by atoms with van der Waals surface area (Å²) in [5.41, 5.74) is 3.08. The second-order valence-corrected chi connectivity index (χ2v) is 7.00. The maximum Gasteiger partial charge on any atom is 0.227 e. The Bertz CT molecular complexity index is 918. The highest BCUT2D eigenvalue weighted by Gasteiger charge is 2.34. The maximum atomic E-state index is 12.6. The molecule has 1 aliphatic heterocycles. The van der Waals surface area contributed by atoms with E-state index >= 15 is 0 Å². The number of aromatic nitrogens is 2. The van der Waals surface area contributed by atoms with Gasteiger partial charge in [0.1, 0.15) is 5.82 Å². The molecule has 0 N–H and O–H groups in total. The van der Waals surface area contributed by atoms with Crippen molar-refractivity contribution in [2.75, 3.05) is 17.7 Å². The summed E-state index contributed by atoms with van der Waals surface area (Å²) < 4.78 is 2.12. The molecule has 0 spiro atoms. The van der Waals surface area contributed by atoms with Gasteiger partial charge in [0.05, 0.1) is 11.0 Å². The Labute approximate surface area is 145 Å². The first-order valence-corrected chi connectivity index (χ1v) is 9.25. The molecule has 5 heteroatoms. The third-order valence-electron chi connectivity index (χ3n) is 4.68. The van der Waals surface area contributed by atoms with Crippen molar-refractivity contribution in [3.63, 3.8) is 0 Å². The lowest BCUT2D eigenvalue weighted by Crippen LogP contribution is -2.24. The molecular weight excluding hydrogens is 318 g/mol. The standard InChI is InChI=1S/C19H19N3OS/c1-21-17-9-4-3-8-16(17)20-19(21)13-10-18(23)22(12-13)14-6-5-7-15(11-14)24-2/h3-9,11,13H,10,12H2,1-2H3/t13-/m0/s1. The number of carbonyl (C=O) groups excluding carboxylic acids is 1. The quantitative estimate of drug-likeness (QED) is 0.682. The number of nitrogens with zero attached hydrogens (tertiary/aromatic N) is 3. The molecule has 1 saturated heterocycles. The van der Waals surface area contributed by atoms with Crippen LogP contribution < -0.4 is 4.90 Å². The minimum absolute atomic E-state index is 0.132. The molecule has 0 unspecified atom stereocenters. The van der Waals surface area contributed by atoms with E-state index in [9.17, 15) is 4.79 Å². The number of hydrogen-bond donors (Lipinski definition) is 0. The Morgan fingerprint density at radius 3 is 2.79 bits per heavy atom. The van der Waals surface area contributed by atoms with Gasteiger partial charge in [0.2, 0.25) is 5.91 Å². The fraction of sp³-hybridized carbons (Fsp3) is 0.263. The largest absolute Gasteiger partial charge is 0.331 e. The van der Waals surface area contributed by atoms with Crippen LogP contribution in [0.1, 0.15) is 18.2 Å². The van der Waals surface area contributed by atoms with Gasteiger partial charge in [-0.05, 0) is 36.6 Å². The van der Waals surface area contributed by atoms with E-state index in [1.807, 2.05) is 48.5 Å². The fourth-order valence-corrected chi connectivity index (χ4v) is 3.89. The summed E-state index contributed by atoms with van der Waals surface area (Å²) in [4.78, 5) is 20.4. The van der Waals surface area contributed by atoms with E-state index in [0.717, 1.165) is 22.5 Å². The summed E-state index contributed by atoms with van der Waals surface area (Å²) in [6, 6.07) is 16.3. The van der Waals surface area contributed by atoms with E-state index in [1.165, 1.54) is 4.90 Å². The van der Waals surface area contributed by atoms with Gasteiger partial charge in [0, 0.05) is 36.5 Å². The van der Waals surface area contributed by atoms with Crippen molar-refractivity contribution in [1.82, 2.24) is 9.55 Å². The van der Waals surface area contributed by atoms with Crippen LogP contribution >= 0.6 is 11.8 Å². The zero-order chi connectivity index (χ0) is 16.7. The molecule has 1 aromatic heterocycles. The normalized spacial score (nSPS) is 17.8. The third-order valence-corrected chi connectivity index (χ3v) is 5.40. The van der Waals surface area contributed by atoms with Crippen LogP contribution in [0.2, 0.25) is 0 Å². The Hall–Kier alpha value is -2.27. The third kappa shape index (κ3) is 2.49. The minimum Gasteiger partial charge on any atom is -0.331 e. The summed E-state index contributed by atoms with van der Waals surface area (Å²) in [7, 11) is 2.03. The molecule has 1 amide bonds. The number of imidazole rings is 1. The first-order chi connectivity index (χ1) is 11.7. The number of amides is 1. The van der Waals surface area contributed by atoms with Gasteiger partial charge in [-0.2, -0.15) is 0 Å². The van der Waals surface area contributed by atoms with Crippen molar-refractivity contribution >= 4 is 34.4 Å². The van der Waals surface area contributed by atoms with Gasteiger partial charge in [0.15, 0.2) is 0 Å². The average molecular weight is 337 g/mol. The fourth-order valence-electron chi connectivity index (χ4n) is 3.44. The lowest BCUT2D eigenvalue weighted by atomic mass is 10.1. The molecule has 4 nitrogen and oxygen atoms in total. The van der Waals surface area contributed by atoms with Crippen LogP contribution in [-0.2, 0) is 11.8 Å². The van der Waals surface area contributed by atoms with Gasteiger partial charge in [-0.15, -0.1) is 11.8 Å². The van der Waals surface area contributed by atoms with Gasteiger partial charge in [0.25, 0.3) is 0 Å². The van der Waals surface area contributed by atoms with E-state index in [2.05, 4.69) is 22.8 Å². The monoisotopic (exact) mass is 337 g/mol. The summed E-state index contributed by atoms with van der Waals surface area (Å²) >= 11 is 1.69. The molecule has 0 radical (unpaired) electrons. The smallest absolute Gasteiger partial charge is 0.227 e. The molecule has 24 heavy (non-hydrogen) atoms. The summed E-state index contributed by atoms with van der Waals surface area (Å²) in [6.07, 6.45) is 2.56. The van der Waals surface area contributed by atoms with Crippen molar-refractivity contribution in [1.29, 1.82) is 0 Å². The number of rotatable bonds is 3. The Kier molecular flexibility index (Phi) is 3.81. The number of fused-ring (bicyclic) bond motifs is 1. The van der Waals surface area contributed by atoms with E-state index in [4.69, 9.17) is 4.98 Å². The molecule has 0 aliphatic carbocycles.